The third-order valence-corrected chi connectivity index (χ3v) is 3.01. The molecule has 1 heterocycles. The number of thiazole rings is 1. The van der Waals surface area contributed by atoms with Crippen LogP contribution in [0.2, 0.25) is 0 Å². The first kappa shape index (κ1) is 13.4. The molecule has 0 bridgehead atoms. The molecular weight excluding hydrogens is 278 g/mol. The van der Waals surface area contributed by atoms with Gasteiger partial charge in [-0.1, -0.05) is 30.3 Å². The monoisotopic (exact) mass is 289 g/mol. The normalized spacial score (nSPS) is 10.3. The van der Waals surface area contributed by atoms with Crippen LogP contribution in [0.3, 0.4) is 0 Å². The Morgan fingerprint density at radius 2 is 2.11 bits per heavy atom. The van der Waals surface area contributed by atoms with E-state index in [0.29, 0.717) is 5.13 Å². The summed E-state index contributed by atoms with van der Waals surface area (Å²) in [6.07, 6.45) is 4.82. The quantitative estimate of drug-likeness (QED) is 0.674. The third kappa shape index (κ3) is 4.61. The molecule has 0 atom stereocenters. The number of hydrogen-bond donors (Lipinski definition) is 2. The second-order valence-corrected chi connectivity index (χ2v) is 4.83. The lowest BCUT2D eigenvalue weighted by Crippen LogP contribution is -2.32. The van der Waals surface area contributed by atoms with E-state index in [1.54, 1.807) is 12.3 Å². The molecule has 2 rings (SSSR count). The molecule has 0 aliphatic rings. The Bertz CT molecular complexity index is 579. The summed E-state index contributed by atoms with van der Waals surface area (Å²) in [7, 11) is 0. The van der Waals surface area contributed by atoms with Gasteiger partial charge in [0.2, 0.25) is 5.91 Å². The highest BCUT2D eigenvalue weighted by Crippen LogP contribution is 2.09. The van der Waals surface area contributed by atoms with Crippen molar-refractivity contribution < 1.29 is 4.79 Å². The van der Waals surface area contributed by atoms with Gasteiger partial charge in [-0.2, -0.15) is 0 Å². The molecule has 1 amide bonds. The molecule has 0 unspecified atom stereocenters. The zero-order valence-electron chi connectivity index (χ0n) is 9.87. The summed E-state index contributed by atoms with van der Waals surface area (Å²) in [6, 6.07) is 9.56. The van der Waals surface area contributed by atoms with Gasteiger partial charge >= 0.3 is 0 Å². The van der Waals surface area contributed by atoms with E-state index in [1.807, 2.05) is 35.7 Å². The number of thiocarbonyl (C=S) groups is 1. The Balaban J connectivity index is 1.84. The molecule has 0 saturated heterocycles. The molecule has 0 aliphatic carbocycles. The van der Waals surface area contributed by atoms with E-state index in [9.17, 15) is 4.79 Å². The highest BCUT2D eigenvalue weighted by molar-refractivity contribution is 7.80. The number of carbonyl (C=O) groups excluding carboxylic acids is 1. The van der Waals surface area contributed by atoms with Crippen molar-refractivity contribution in [1.29, 1.82) is 0 Å². The van der Waals surface area contributed by atoms with Crippen molar-refractivity contribution >= 4 is 45.8 Å². The van der Waals surface area contributed by atoms with Crippen LogP contribution in [0, 0.1) is 0 Å². The van der Waals surface area contributed by atoms with E-state index >= 15 is 0 Å². The fraction of sp³-hybridized carbons (Fsp3) is 0. The van der Waals surface area contributed by atoms with Gasteiger partial charge < -0.3 is 5.32 Å². The van der Waals surface area contributed by atoms with E-state index in [-0.39, 0.29) is 11.0 Å². The topological polar surface area (TPSA) is 54.0 Å². The minimum absolute atomic E-state index is 0.234. The molecule has 0 fully saturated rings. The number of anilines is 1. The molecule has 0 radical (unpaired) electrons. The molecule has 96 valence electrons. The van der Waals surface area contributed by atoms with E-state index < -0.39 is 0 Å². The molecule has 0 aliphatic heterocycles. The van der Waals surface area contributed by atoms with Gasteiger partial charge in [0.15, 0.2) is 10.2 Å². The lowest BCUT2D eigenvalue weighted by atomic mass is 10.2. The van der Waals surface area contributed by atoms with Gasteiger partial charge in [-0.25, -0.2) is 4.98 Å². The van der Waals surface area contributed by atoms with Crippen LogP contribution in [-0.4, -0.2) is 16.0 Å². The molecule has 0 saturated carbocycles. The average Bonchev–Trinajstić information content (AvgIpc) is 2.90. The predicted octanol–water partition coefficient (Wildman–Crippen LogP) is 2.67. The molecule has 19 heavy (non-hydrogen) atoms. The van der Waals surface area contributed by atoms with Crippen LogP contribution < -0.4 is 10.6 Å². The van der Waals surface area contributed by atoms with Gasteiger partial charge in [0.25, 0.3) is 0 Å². The number of carbonyl (C=O) groups is 1. The number of rotatable bonds is 3. The first-order chi connectivity index (χ1) is 9.24. The summed E-state index contributed by atoms with van der Waals surface area (Å²) >= 11 is 6.41. The Hall–Kier alpha value is -2.05. The molecular formula is C13H11N3OS2. The maximum atomic E-state index is 11.6. The number of hydrogen-bond acceptors (Lipinski definition) is 4. The minimum atomic E-state index is -0.280. The summed E-state index contributed by atoms with van der Waals surface area (Å²) in [5, 5.41) is 8.08. The molecule has 2 N–H and O–H groups in total. The van der Waals surface area contributed by atoms with Gasteiger partial charge in [0.1, 0.15) is 0 Å². The molecule has 4 nitrogen and oxygen atoms in total. The number of aromatic nitrogens is 1. The highest BCUT2D eigenvalue weighted by atomic mass is 32.1. The summed E-state index contributed by atoms with van der Waals surface area (Å²) in [4.78, 5) is 15.6. The van der Waals surface area contributed by atoms with Gasteiger partial charge in [-0.15, -0.1) is 11.3 Å². The summed E-state index contributed by atoms with van der Waals surface area (Å²) in [5.74, 6) is -0.280. The number of benzene rings is 1. The number of nitrogens with one attached hydrogen (secondary N) is 2. The fourth-order valence-corrected chi connectivity index (χ4v) is 2.10. The molecule has 1 aromatic heterocycles. The maximum Gasteiger partial charge on any atom is 0.250 e. The smallest absolute Gasteiger partial charge is 0.250 e. The molecule has 6 heteroatoms. The van der Waals surface area contributed by atoms with Crippen molar-refractivity contribution in [3.05, 3.63) is 53.5 Å². The molecule has 1 aromatic carbocycles. The standard InChI is InChI=1S/C13H11N3OS2/c17-11(7-6-10-4-2-1-3-5-10)15-12(18)16-13-14-8-9-19-13/h1-9H,(H2,14,15,16,17,18). The van der Waals surface area contributed by atoms with Crippen molar-refractivity contribution in [1.82, 2.24) is 10.3 Å². The van der Waals surface area contributed by atoms with Crippen molar-refractivity contribution in [3.63, 3.8) is 0 Å². The zero-order valence-corrected chi connectivity index (χ0v) is 11.5. The van der Waals surface area contributed by atoms with Crippen molar-refractivity contribution in [2.45, 2.75) is 0 Å². The van der Waals surface area contributed by atoms with Crippen molar-refractivity contribution in [3.8, 4) is 0 Å². The second kappa shape index (κ2) is 6.77. The zero-order chi connectivity index (χ0) is 13.5. The largest absolute Gasteiger partial charge is 0.308 e. The Labute approximate surface area is 120 Å². The minimum Gasteiger partial charge on any atom is -0.308 e. The SMILES string of the molecule is O=C(C=Cc1ccccc1)NC(=S)Nc1nccs1. The Kier molecular flexibility index (Phi) is 4.77. The first-order valence-corrected chi connectivity index (χ1v) is 6.77. The van der Waals surface area contributed by atoms with Crippen molar-refractivity contribution in [2.24, 2.45) is 0 Å². The van der Waals surface area contributed by atoms with Crippen LogP contribution in [0.5, 0.6) is 0 Å². The summed E-state index contributed by atoms with van der Waals surface area (Å²) in [6.45, 7) is 0. The first-order valence-electron chi connectivity index (χ1n) is 5.48. The number of nitrogens with zero attached hydrogens (tertiary/aromatic N) is 1. The van der Waals surface area contributed by atoms with Gasteiger partial charge in [0.05, 0.1) is 0 Å². The van der Waals surface area contributed by atoms with Crippen LogP contribution in [0.1, 0.15) is 5.56 Å². The van der Waals surface area contributed by atoms with Crippen LogP contribution >= 0.6 is 23.6 Å². The fourth-order valence-electron chi connectivity index (χ4n) is 1.30. The predicted molar refractivity (Wildman–Crippen MR) is 82.0 cm³/mol. The summed E-state index contributed by atoms with van der Waals surface area (Å²) in [5.41, 5.74) is 0.955. The Morgan fingerprint density at radius 3 is 2.79 bits per heavy atom. The lowest BCUT2D eigenvalue weighted by molar-refractivity contribution is -0.115. The Morgan fingerprint density at radius 1 is 1.32 bits per heavy atom. The number of amides is 1. The van der Waals surface area contributed by atoms with Gasteiger partial charge in [0, 0.05) is 17.7 Å². The van der Waals surface area contributed by atoms with E-state index in [4.69, 9.17) is 12.2 Å². The lowest BCUT2D eigenvalue weighted by Gasteiger charge is -2.04. The summed E-state index contributed by atoms with van der Waals surface area (Å²) < 4.78 is 0. The van der Waals surface area contributed by atoms with Crippen LogP contribution in [0.15, 0.2) is 48.0 Å². The maximum absolute atomic E-state index is 11.6. The third-order valence-electron chi connectivity index (χ3n) is 2.12. The molecule has 0 spiro atoms. The molecule has 2 aromatic rings. The van der Waals surface area contributed by atoms with Gasteiger partial charge in [-0.3, -0.25) is 10.1 Å². The van der Waals surface area contributed by atoms with Gasteiger partial charge in [-0.05, 0) is 23.9 Å². The van der Waals surface area contributed by atoms with Crippen molar-refractivity contribution in [2.75, 3.05) is 5.32 Å². The van der Waals surface area contributed by atoms with Crippen LogP contribution in [-0.2, 0) is 4.79 Å². The van der Waals surface area contributed by atoms with E-state index in [0.717, 1.165) is 5.56 Å². The van der Waals surface area contributed by atoms with Crippen LogP contribution in [0.4, 0.5) is 5.13 Å². The average molecular weight is 289 g/mol. The van der Waals surface area contributed by atoms with E-state index in [2.05, 4.69) is 15.6 Å². The second-order valence-electron chi connectivity index (χ2n) is 3.52. The van der Waals surface area contributed by atoms with Crippen LogP contribution in [0.25, 0.3) is 6.08 Å². The highest BCUT2D eigenvalue weighted by Gasteiger charge is 2.02. The van der Waals surface area contributed by atoms with E-state index in [1.165, 1.54) is 17.4 Å².